The molecule has 0 aromatic heterocycles. The summed E-state index contributed by atoms with van der Waals surface area (Å²) in [6.45, 7) is 2.06. The van der Waals surface area contributed by atoms with Crippen molar-refractivity contribution in [2.24, 2.45) is 0 Å². The predicted octanol–water partition coefficient (Wildman–Crippen LogP) is 0.915. The molecule has 3 N–H and O–H groups in total. The van der Waals surface area contributed by atoms with Crippen molar-refractivity contribution in [2.75, 3.05) is 13.1 Å². The third-order valence-electron chi connectivity index (χ3n) is 5.78. The van der Waals surface area contributed by atoms with E-state index in [1.54, 1.807) is 12.1 Å². The van der Waals surface area contributed by atoms with E-state index in [2.05, 4.69) is 20.9 Å². The van der Waals surface area contributed by atoms with E-state index in [-0.39, 0.29) is 35.8 Å². The highest BCUT2D eigenvalue weighted by Gasteiger charge is 2.43. The van der Waals surface area contributed by atoms with Crippen LogP contribution < -0.4 is 16.0 Å². The average Bonchev–Trinajstić information content (AvgIpc) is 3.36. The Balaban J connectivity index is 1.29. The molecule has 0 radical (unpaired) electrons. The minimum absolute atomic E-state index is 0.0831. The van der Waals surface area contributed by atoms with Crippen molar-refractivity contribution >= 4 is 11.8 Å². The zero-order valence-corrected chi connectivity index (χ0v) is 15.4. The van der Waals surface area contributed by atoms with Crippen LogP contribution in [0.25, 0.3) is 0 Å². The van der Waals surface area contributed by atoms with Gasteiger partial charge >= 0.3 is 0 Å². The first-order chi connectivity index (χ1) is 13.1. The van der Waals surface area contributed by atoms with E-state index in [1.165, 1.54) is 12.1 Å². The number of fused-ring (bicyclic) bond motifs is 1. The third-order valence-corrected chi connectivity index (χ3v) is 5.78. The largest absolute Gasteiger partial charge is 0.353 e. The Morgan fingerprint density at radius 1 is 1.22 bits per heavy atom. The molecule has 2 aliphatic heterocycles. The lowest BCUT2D eigenvalue weighted by Crippen LogP contribution is -2.58. The molecule has 3 aliphatic rings. The van der Waals surface area contributed by atoms with Gasteiger partial charge in [-0.25, -0.2) is 4.39 Å². The lowest BCUT2D eigenvalue weighted by Gasteiger charge is -2.37. The molecule has 1 aromatic carbocycles. The first kappa shape index (κ1) is 18.4. The van der Waals surface area contributed by atoms with Gasteiger partial charge in [0.2, 0.25) is 11.8 Å². The molecule has 0 bridgehead atoms. The minimum atomic E-state index is -0.234. The monoisotopic (exact) mass is 374 g/mol. The van der Waals surface area contributed by atoms with Crippen LogP contribution in [0.1, 0.15) is 37.7 Å². The molecule has 0 spiro atoms. The summed E-state index contributed by atoms with van der Waals surface area (Å²) in [6, 6.07) is 7.17. The molecule has 1 aliphatic carbocycles. The van der Waals surface area contributed by atoms with E-state index < -0.39 is 0 Å². The number of hydrogen-bond donors (Lipinski definition) is 3. The van der Waals surface area contributed by atoms with E-state index >= 15 is 0 Å². The van der Waals surface area contributed by atoms with Gasteiger partial charge in [0, 0.05) is 44.2 Å². The number of piperazine rings is 1. The smallest absolute Gasteiger partial charge is 0.237 e. The lowest BCUT2D eigenvalue weighted by molar-refractivity contribution is -0.129. The second-order valence-corrected chi connectivity index (χ2v) is 7.93. The second kappa shape index (κ2) is 7.94. The molecule has 4 rings (SSSR count). The first-order valence-corrected chi connectivity index (χ1v) is 9.89. The van der Waals surface area contributed by atoms with E-state index in [0.29, 0.717) is 25.6 Å². The Hall–Kier alpha value is -1.99. The van der Waals surface area contributed by atoms with Crippen molar-refractivity contribution in [1.29, 1.82) is 0 Å². The molecule has 3 atom stereocenters. The Kier molecular flexibility index (Phi) is 5.41. The van der Waals surface area contributed by atoms with Crippen molar-refractivity contribution in [3.8, 4) is 0 Å². The minimum Gasteiger partial charge on any atom is -0.353 e. The van der Waals surface area contributed by atoms with E-state index in [0.717, 1.165) is 37.8 Å². The van der Waals surface area contributed by atoms with Crippen LogP contribution in [0.2, 0.25) is 0 Å². The van der Waals surface area contributed by atoms with Crippen LogP contribution in [0.5, 0.6) is 0 Å². The Labute approximate surface area is 158 Å². The third kappa shape index (κ3) is 4.65. The molecule has 6 nitrogen and oxygen atoms in total. The summed E-state index contributed by atoms with van der Waals surface area (Å²) in [5, 5.41) is 9.52. The number of carbonyl (C=O) groups excluding carboxylic acids is 2. The van der Waals surface area contributed by atoms with Gasteiger partial charge in [0.15, 0.2) is 0 Å². The fourth-order valence-electron chi connectivity index (χ4n) is 4.08. The summed E-state index contributed by atoms with van der Waals surface area (Å²) in [7, 11) is 0. The van der Waals surface area contributed by atoms with Crippen LogP contribution in [0.4, 0.5) is 4.39 Å². The second-order valence-electron chi connectivity index (χ2n) is 7.93. The number of amides is 2. The topological polar surface area (TPSA) is 73.5 Å². The predicted molar refractivity (Wildman–Crippen MR) is 99.3 cm³/mol. The highest BCUT2D eigenvalue weighted by molar-refractivity contribution is 5.83. The van der Waals surface area contributed by atoms with Crippen molar-refractivity contribution in [2.45, 2.75) is 62.8 Å². The van der Waals surface area contributed by atoms with Crippen molar-refractivity contribution < 1.29 is 14.0 Å². The van der Waals surface area contributed by atoms with Gasteiger partial charge in [-0.1, -0.05) is 12.1 Å². The molecule has 3 unspecified atom stereocenters. The maximum Gasteiger partial charge on any atom is 0.237 e. The Morgan fingerprint density at radius 2 is 2.00 bits per heavy atom. The Morgan fingerprint density at radius 3 is 2.74 bits per heavy atom. The van der Waals surface area contributed by atoms with E-state index in [1.807, 2.05) is 0 Å². The fraction of sp³-hybridized carbons (Fsp3) is 0.600. The number of nitrogens with zero attached hydrogens (tertiary/aromatic N) is 1. The van der Waals surface area contributed by atoms with Crippen LogP contribution in [-0.4, -0.2) is 54.0 Å². The van der Waals surface area contributed by atoms with Gasteiger partial charge in [-0.3, -0.25) is 14.5 Å². The maximum atomic E-state index is 13.0. The molecular formula is C20H27FN4O2. The molecule has 146 valence electrons. The van der Waals surface area contributed by atoms with E-state index in [9.17, 15) is 14.0 Å². The summed E-state index contributed by atoms with van der Waals surface area (Å²) >= 11 is 0. The van der Waals surface area contributed by atoms with Crippen LogP contribution >= 0.6 is 0 Å². The van der Waals surface area contributed by atoms with Crippen LogP contribution in [-0.2, 0) is 16.1 Å². The number of rotatable bonds is 7. The van der Waals surface area contributed by atoms with Gasteiger partial charge in [-0.05, 0) is 43.4 Å². The highest BCUT2D eigenvalue weighted by atomic mass is 19.1. The molecule has 1 saturated carbocycles. The summed E-state index contributed by atoms with van der Waals surface area (Å²) in [5.74, 6) is -0.0297. The molecule has 7 heteroatoms. The number of halogens is 1. The summed E-state index contributed by atoms with van der Waals surface area (Å²) in [5.41, 5.74) is 1.03. The normalized spacial score (nSPS) is 27.9. The standard InChI is InChI=1S/C20H27FN4O2/c21-14-3-1-13(2-4-14)10-22-16-9-18-20(27)23-11-17(25(18)12-16)7-8-19(26)24-15-5-6-15/h1-4,15-18,22H,5-12H2,(H,23,27)(H,24,26). The van der Waals surface area contributed by atoms with Gasteiger partial charge in [-0.15, -0.1) is 0 Å². The van der Waals surface area contributed by atoms with Crippen LogP contribution in [0, 0.1) is 5.82 Å². The number of hydrogen-bond acceptors (Lipinski definition) is 4. The number of benzene rings is 1. The quantitative estimate of drug-likeness (QED) is 0.664. The molecular weight excluding hydrogens is 347 g/mol. The molecule has 1 aromatic rings. The van der Waals surface area contributed by atoms with Gasteiger partial charge in [0.05, 0.1) is 6.04 Å². The SMILES string of the molecule is O=C(CCC1CNC(=O)C2CC(NCc3ccc(F)cc3)CN12)NC1CC1. The van der Waals surface area contributed by atoms with Gasteiger partial charge < -0.3 is 16.0 Å². The highest BCUT2D eigenvalue weighted by Crippen LogP contribution is 2.26. The lowest BCUT2D eigenvalue weighted by atomic mass is 10.0. The summed E-state index contributed by atoms with van der Waals surface area (Å²) < 4.78 is 13.0. The van der Waals surface area contributed by atoms with Gasteiger partial charge in [0.1, 0.15) is 5.82 Å². The zero-order chi connectivity index (χ0) is 18.8. The average molecular weight is 374 g/mol. The molecule has 27 heavy (non-hydrogen) atoms. The molecule has 2 amide bonds. The van der Waals surface area contributed by atoms with E-state index in [4.69, 9.17) is 0 Å². The van der Waals surface area contributed by atoms with Crippen molar-refractivity contribution in [1.82, 2.24) is 20.9 Å². The molecule has 3 fully saturated rings. The van der Waals surface area contributed by atoms with Crippen LogP contribution in [0.3, 0.4) is 0 Å². The van der Waals surface area contributed by atoms with Gasteiger partial charge in [0.25, 0.3) is 0 Å². The summed E-state index contributed by atoms with van der Waals surface area (Å²) in [6.07, 6.45) is 4.23. The first-order valence-electron chi connectivity index (χ1n) is 9.89. The summed E-state index contributed by atoms with van der Waals surface area (Å²) in [4.78, 5) is 26.5. The molecule has 2 heterocycles. The number of nitrogens with one attached hydrogen (secondary N) is 3. The Bertz CT molecular complexity index is 692. The number of carbonyl (C=O) groups is 2. The fourth-order valence-corrected chi connectivity index (χ4v) is 4.08. The van der Waals surface area contributed by atoms with Crippen LogP contribution in [0.15, 0.2) is 24.3 Å². The van der Waals surface area contributed by atoms with Crippen molar-refractivity contribution in [3.63, 3.8) is 0 Å². The zero-order valence-electron chi connectivity index (χ0n) is 15.4. The van der Waals surface area contributed by atoms with Gasteiger partial charge in [-0.2, -0.15) is 0 Å². The van der Waals surface area contributed by atoms with Crippen molar-refractivity contribution in [3.05, 3.63) is 35.6 Å². The molecule has 2 saturated heterocycles. The maximum absolute atomic E-state index is 13.0.